The van der Waals surface area contributed by atoms with Gasteiger partial charge in [-0.25, -0.2) is 14.4 Å². The van der Waals surface area contributed by atoms with E-state index in [-0.39, 0.29) is 17.6 Å². The normalized spacial score (nSPS) is 17.7. The van der Waals surface area contributed by atoms with Crippen molar-refractivity contribution in [2.75, 3.05) is 11.4 Å². The first-order valence-electron chi connectivity index (χ1n) is 7.47. The average Bonchev–Trinajstić information content (AvgIpc) is 2.96. The van der Waals surface area contributed by atoms with E-state index in [9.17, 15) is 9.18 Å². The highest BCUT2D eigenvalue weighted by Crippen LogP contribution is 2.26. The molecule has 1 fully saturated rings. The molecule has 22 heavy (non-hydrogen) atoms. The van der Waals surface area contributed by atoms with E-state index in [4.69, 9.17) is 0 Å². The highest BCUT2D eigenvalue weighted by Gasteiger charge is 2.28. The summed E-state index contributed by atoms with van der Waals surface area (Å²) in [4.78, 5) is 23.0. The van der Waals surface area contributed by atoms with Gasteiger partial charge in [-0.3, -0.25) is 4.79 Å². The predicted molar refractivity (Wildman–Crippen MR) is 82.5 cm³/mol. The minimum Gasteiger partial charge on any atom is -0.353 e. The second kappa shape index (κ2) is 6.22. The van der Waals surface area contributed by atoms with Crippen LogP contribution in [0.2, 0.25) is 0 Å². The number of rotatable bonds is 4. The van der Waals surface area contributed by atoms with Crippen molar-refractivity contribution in [3.05, 3.63) is 53.7 Å². The number of anilines is 1. The lowest BCUT2D eigenvalue weighted by Gasteiger charge is -2.25. The number of carbonyl (C=O) groups is 1. The largest absolute Gasteiger partial charge is 0.353 e. The van der Waals surface area contributed by atoms with Crippen LogP contribution in [0.1, 0.15) is 35.3 Å². The van der Waals surface area contributed by atoms with E-state index in [1.54, 1.807) is 18.5 Å². The van der Waals surface area contributed by atoms with E-state index in [1.165, 1.54) is 12.1 Å². The van der Waals surface area contributed by atoms with Gasteiger partial charge in [0.15, 0.2) is 5.78 Å². The van der Waals surface area contributed by atoms with Gasteiger partial charge in [-0.15, -0.1) is 0 Å². The molecule has 4 nitrogen and oxygen atoms in total. The van der Waals surface area contributed by atoms with Crippen LogP contribution in [0.25, 0.3) is 0 Å². The van der Waals surface area contributed by atoms with Crippen LogP contribution in [-0.2, 0) is 0 Å². The Morgan fingerprint density at radius 1 is 1.32 bits per heavy atom. The molecule has 0 unspecified atom stereocenters. The molecule has 114 valence electrons. The number of aromatic nitrogens is 2. The van der Waals surface area contributed by atoms with Crippen LogP contribution in [0, 0.1) is 12.7 Å². The summed E-state index contributed by atoms with van der Waals surface area (Å²) in [7, 11) is 0. The molecule has 5 heteroatoms. The van der Waals surface area contributed by atoms with Crippen molar-refractivity contribution >= 4 is 11.6 Å². The zero-order chi connectivity index (χ0) is 15.5. The monoisotopic (exact) mass is 299 g/mol. The summed E-state index contributed by atoms with van der Waals surface area (Å²) < 4.78 is 12.9. The number of carbonyl (C=O) groups excluding carboxylic acids is 1. The quantitative estimate of drug-likeness (QED) is 0.814. The smallest absolute Gasteiger partial charge is 0.164 e. The SMILES string of the molecule is Cc1cc(N2CCC[C@@H]2CC(=O)c2ccc(F)cc2)ncn1. The lowest BCUT2D eigenvalue weighted by molar-refractivity contribution is 0.0974. The first-order chi connectivity index (χ1) is 10.6. The van der Waals surface area contributed by atoms with Gasteiger partial charge in [0, 0.05) is 36.3 Å². The van der Waals surface area contributed by atoms with Gasteiger partial charge in [0.05, 0.1) is 0 Å². The molecule has 0 spiro atoms. The van der Waals surface area contributed by atoms with Gasteiger partial charge in [0.1, 0.15) is 18.0 Å². The first kappa shape index (κ1) is 14.6. The number of halogens is 1. The van der Waals surface area contributed by atoms with Gasteiger partial charge in [0.2, 0.25) is 0 Å². The van der Waals surface area contributed by atoms with Crippen molar-refractivity contribution in [3.8, 4) is 0 Å². The van der Waals surface area contributed by atoms with E-state index >= 15 is 0 Å². The van der Waals surface area contributed by atoms with E-state index in [0.29, 0.717) is 12.0 Å². The summed E-state index contributed by atoms with van der Waals surface area (Å²) >= 11 is 0. The van der Waals surface area contributed by atoms with Crippen molar-refractivity contribution in [3.63, 3.8) is 0 Å². The minimum absolute atomic E-state index is 0.0441. The van der Waals surface area contributed by atoms with Gasteiger partial charge < -0.3 is 4.90 Å². The molecule has 1 saturated heterocycles. The molecule has 3 rings (SSSR count). The fraction of sp³-hybridized carbons (Fsp3) is 0.353. The molecule has 1 aliphatic heterocycles. The molecule has 1 aromatic carbocycles. The topological polar surface area (TPSA) is 46.1 Å². The lowest BCUT2D eigenvalue weighted by atomic mass is 10.0. The summed E-state index contributed by atoms with van der Waals surface area (Å²) in [6.07, 6.45) is 4.00. The molecule has 0 N–H and O–H groups in total. The second-order valence-electron chi connectivity index (χ2n) is 5.64. The molecule has 0 amide bonds. The standard InChI is InChI=1S/C17H18FN3O/c1-12-9-17(20-11-19-12)21-8-2-3-15(21)10-16(22)13-4-6-14(18)7-5-13/h4-7,9,11,15H,2-3,8,10H2,1H3/t15-/m1/s1. The molecule has 1 atom stereocenters. The number of nitrogens with zero attached hydrogens (tertiary/aromatic N) is 3. The molecule has 0 aliphatic carbocycles. The van der Waals surface area contributed by atoms with E-state index in [0.717, 1.165) is 30.9 Å². The Morgan fingerprint density at radius 3 is 2.82 bits per heavy atom. The molecule has 0 bridgehead atoms. The number of Topliss-reactive ketones (excluding diaryl/α,β-unsaturated/α-hetero) is 1. The van der Waals surface area contributed by atoms with Crippen molar-refractivity contribution in [2.45, 2.75) is 32.2 Å². The zero-order valence-corrected chi connectivity index (χ0v) is 12.5. The zero-order valence-electron chi connectivity index (χ0n) is 12.5. The van der Waals surface area contributed by atoms with Crippen LogP contribution in [-0.4, -0.2) is 28.3 Å². The Bertz CT molecular complexity index is 672. The average molecular weight is 299 g/mol. The van der Waals surface area contributed by atoms with Gasteiger partial charge in [-0.05, 0) is 44.0 Å². The van der Waals surface area contributed by atoms with Crippen LogP contribution < -0.4 is 4.90 Å². The molecule has 0 saturated carbocycles. The molecule has 2 heterocycles. The third kappa shape index (κ3) is 3.13. The van der Waals surface area contributed by atoms with Crippen molar-refractivity contribution in [2.24, 2.45) is 0 Å². The number of ketones is 1. The molecule has 1 aliphatic rings. The van der Waals surface area contributed by atoms with Gasteiger partial charge in [-0.1, -0.05) is 0 Å². The summed E-state index contributed by atoms with van der Waals surface area (Å²) in [5, 5.41) is 0. The van der Waals surface area contributed by atoms with Crippen LogP contribution in [0.5, 0.6) is 0 Å². The van der Waals surface area contributed by atoms with Crippen molar-refractivity contribution in [1.29, 1.82) is 0 Å². The van der Waals surface area contributed by atoms with E-state index in [2.05, 4.69) is 14.9 Å². The maximum atomic E-state index is 12.9. The molecule has 0 radical (unpaired) electrons. The summed E-state index contributed by atoms with van der Waals surface area (Å²) in [5.41, 5.74) is 1.48. The van der Waals surface area contributed by atoms with Crippen molar-refractivity contribution in [1.82, 2.24) is 9.97 Å². The summed E-state index contributed by atoms with van der Waals surface area (Å²) in [6, 6.07) is 7.84. The maximum absolute atomic E-state index is 12.9. The molecular weight excluding hydrogens is 281 g/mol. The molecule has 2 aromatic rings. The van der Waals surface area contributed by atoms with Crippen LogP contribution >= 0.6 is 0 Å². The first-order valence-corrected chi connectivity index (χ1v) is 7.47. The van der Waals surface area contributed by atoms with Gasteiger partial charge >= 0.3 is 0 Å². The third-order valence-corrected chi connectivity index (χ3v) is 4.05. The second-order valence-corrected chi connectivity index (χ2v) is 5.64. The minimum atomic E-state index is -0.324. The Morgan fingerprint density at radius 2 is 2.09 bits per heavy atom. The Hall–Kier alpha value is -2.30. The van der Waals surface area contributed by atoms with Crippen LogP contribution in [0.15, 0.2) is 36.7 Å². The van der Waals surface area contributed by atoms with Crippen molar-refractivity contribution < 1.29 is 9.18 Å². The lowest BCUT2D eigenvalue weighted by Crippen LogP contribution is -2.32. The van der Waals surface area contributed by atoms with Crippen LogP contribution in [0.4, 0.5) is 10.2 Å². The fourth-order valence-electron chi connectivity index (χ4n) is 2.91. The Labute approximate surface area is 129 Å². The van der Waals surface area contributed by atoms with Gasteiger partial charge in [0.25, 0.3) is 0 Å². The summed E-state index contributed by atoms with van der Waals surface area (Å²) in [5.74, 6) is 0.597. The fourth-order valence-corrected chi connectivity index (χ4v) is 2.91. The van der Waals surface area contributed by atoms with Gasteiger partial charge in [-0.2, -0.15) is 0 Å². The highest BCUT2D eigenvalue weighted by atomic mass is 19.1. The Balaban J connectivity index is 1.73. The number of hydrogen-bond acceptors (Lipinski definition) is 4. The predicted octanol–water partition coefficient (Wildman–Crippen LogP) is 3.17. The van der Waals surface area contributed by atoms with E-state index in [1.807, 2.05) is 13.0 Å². The number of hydrogen-bond donors (Lipinski definition) is 0. The third-order valence-electron chi connectivity index (χ3n) is 4.05. The molecule has 1 aromatic heterocycles. The van der Waals surface area contributed by atoms with Crippen LogP contribution in [0.3, 0.4) is 0 Å². The summed E-state index contributed by atoms with van der Waals surface area (Å²) in [6.45, 7) is 2.83. The van der Waals surface area contributed by atoms with E-state index < -0.39 is 0 Å². The number of aryl methyl sites for hydroxylation is 1. The maximum Gasteiger partial charge on any atom is 0.164 e. The Kier molecular flexibility index (Phi) is 4.13. The molecular formula is C17H18FN3O. The highest BCUT2D eigenvalue weighted by molar-refractivity contribution is 5.96. The number of benzene rings is 1.